The van der Waals surface area contributed by atoms with Gasteiger partial charge in [0.1, 0.15) is 0 Å². The summed E-state index contributed by atoms with van der Waals surface area (Å²) in [7, 11) is 0. The zero-order valence-electron chi connectivity index (χ0n) is 11.3. The van der Waals surface area contributed by atoms with Crippen molar-refractivity contribution < 1.29 is 0 Å². The summed E-state index contributed by atoms with van der Waals surface area (Å²) in [6.07, 6.45) is 2.36. The first-order valence-electron chi connectivity index (χ1n) is 6.75. The van der Waals surface area contributed by atoms with E-state index in [4.69, 9.17) is 5.73 Å². The highest BCUT2D eigenvalue weighted by atomic mass is 14.9. The van der Waals surface area contributed by atoms with E-state index in [0.717, 1.165) is 29.3 Å². The lowest BCUT2D eigenvalue weighted by Gasteiger charge is -2.12. The molecule has 0 radical (unpaired) electrons. The van der Waals surface area contributed by atoms with Crippen LogP contribution in [0.3, 0.4) is 0 Å². The van der Waals surface area contributed by atoms with Gasteiger partial charge in [-0.1, -0.05) is 31.5 Å². The van der Waals surface area contributed by atoms with Crippen molar-refractivity contribution >= 4 is 22.7 Å². The fourth-order valence-electron chi connectivity index (χ4n) is 1.86. The van der Waals surface area contributed by atoms with Crippen LogP contribution in [-0.2, 0) is 0 Å². The van der Waals surface area contributed by atoms with Crippen molar-refractivity contribution in [1.82, 2.24) is 0 Å². The number of nitrogens with two attached hydrogens (primary N) is 1. The van der Waals surface area contributed by atoms with Gasteiger partial charge in [0.25, 0.3) is 0 Å². The molecule has 2 aromatic rings. The molecule has 0 bridgehead atoms. The summed E-state index contributed by atoms with van der Waals surface area (Å²) in [6, 6.07) is 16.0. The van der Waals surface area contributed by atoms with Crippen molar-refractivity contribution in [2.75, 3.05) is 22.9 Å². The zero-order chi connectivity index (χ0) is 13.5. The fraction of sp³-hybridized carbons (Fsp3) is 0.250. The van der Waals surface area contributed by atoms with Gasteiger partial charge in [-0.3, -0.25) is 0 Å². The summed E-state index contributed by atoms with van der Waals surface area (Å²) in [5.41, 5.74) is 9.83. The predicted molar refractivity (Wildman–Crippen MR) is 84.0 cm³/mol. The molecular weight excluding hydrogens is 234 g/mol. The Balaban J connectivity index is 2.09. The highest BCUT2D eigenvalue weighted by Crippen LogP contribution is 2.26. The smallest absolute Gasteiger partial charge is 0.0638 e. The number of anilines is 4. The first-order chi connectivity index (χ1) is 9.29. The molecule has 2 rings (SSSR count). The quantitative estimate of drug-likeness (QED) is 0.535. The summed E-state index contributed by atoms with van der Waals surface area (Å²) < 4.78 is 0. The first kappa shape index (κ1) is 13.3. The second-order valence-electron chi connectivity index (χ2n) is 4.57. The molecular formula is C16H21N3. The molecule has 0 aliphatic carbocycles. The molecule has 0 fully saturated rings. The molecule has 0 amide bonds. The number of hydrogen-bond donors (Lipinski definition) is 3. The second-order valence-corrected chi connectivity index (χ2v) is 4.57. The third-order valence-corrected chi connectivity index (χ3v) is 2.97. The minimum atomic E-state index is 0.755. The van der Waals surface area contributed by atoms with Gasteiger partial charge in [0, 0.05) is 17.9 Å². The van der Waals surface area contributed by atoms with Gasteiger partial charge < -0.3 is 16.4 Å². The molecule has 3 nitrogen and oxygen atoms in total. The van der Waals surface area contributed by atoms with Crippen molar-refractivity contribution in [3.05, 3.63) is 48.5 Å². The Labute approximate surface area is 114 Å². The average Bonchev–Trinajstić information content (AvgIpc) is 2.44. The van der Waals surface area contributed by atoms with Gasteiger partial charge in [0.15, 0.2) is 0 Å². The van der Waals surface area contributed by atoms with Crippen LogP contribution in [0.15, 0.2) is 48.5 Å². The Kier molecular flexibility index (Phi) is 4.67. The van der Waals surface area contributed by atoms with Crippen LogP contribution >= 0.6 is 0 Å². The topological polar surface area (TPSA) is 50.1 Å². The second kappa shape index (κ2) is 6.69. The van der Waals surface area contributed by atoms with Gasteiger partial charge >= 0.3 is 0 Å². The number of unbranched alkanes of at least 4 members (excludes halogenated alkanes) is 1. The molecule has 0 saturated heterocycles. The van der Waals surface area contributed by atoms with Gasteiger partial charge in [0.2, 0.25) is 0 Å². The van der Waals surface area contributed by atoms with Crippen LogP contribution in [0.25, 0.3) is 0 Å². The highest BCUT2D eigenvalue weighted by molar-refractivity contribution is 5.76. The Morgan fingerprint density at radius 1 is 1.00 bits per heavy atom. The number of hydrogen-bond acceptors (Lipinski definition) is 3. The first-order valence-corrected chi connectivity index (χ1v) is 6.75. The Bertz CT molecular complexity index is 509. The van der Waals surface area contributed by atoms with E-state index in [-0.39, 0.29) is 0 Å². The van der Waals surface area contributed by atoms with Gasteiger partial charge in [-0.25, -0.2) is 0 Å². The van der Waals surface area contributed by atoms with Gasteiger partial charge in [0.05, 0.1) is 11.4 Å². The zero-order valence-corrected chi connectivity index (χ0v) is 11.3. The fourth-order valence-corrected chi connectivity index (χ4v) is 1.86. The summed E-state index contributed by atoms with van der Waals surface area (Å²) in [6.45, 7) is 3.18. The lowest BCUT2D eigenvalue weighted by Crippen LogP contribution is -2.02. The maximum atomic E-state index is 6.00. The predicted octanol–water partition coefficient (Wildman–Crippen LogP) is 4.22. The monoisotopic (exact) mass is 255 g/mol. The summed E-state index contributed by atoms with van der Waals surface area (Å²) >= 11 is 0. The van der Waals surface area contributed by atoms with E-state index < -0.39 is 0 Å². The molecule has 4 N–H and O–H groups in total. The van der Waals surface area contributed by atoms with Crippen LogP contribution in [0.1, 0.15) is 19.8 Å². The molecule has 0 aliphatic heterocycles. The number of para-hydroxylation sites is 1. The molecule has 2 aromatic carbocycles. The van der Waals surface area contributed by atoms with Gasteiger partial charge in [-0.15, -0.1) is 0 Å². The van der Waals surface area contributed by atoms with Crippen LogP contribution in [0.2, 0.25) is 0 Å². The third-order valence-electron chi connectivity index (χ3n) is 2.97. The maximum absolute atomic E-state index is 6.00. The Hall–Kier alpha value is -2.16. The van der Waals surface area contributed by atoms with E-state index in [1.54, 1.807) is 0 Å². The standard InChI is InChI=1S/C16H21N3/c1-2-3-11-18-14-9-10-15(17)16(12-14)19-13-7-5-4-6-8-13/h4-10,12,18-19H,2-3,11,17H2,1H3. The van der Waals surface area contributed by atoms with Crippen molar-refractivity contribution in [1.29, 1.82) is 0 Å². The van der Waals surface area contributed by atoms with E-state index in [1.165, 1.54) is 12.8 Å². The maximum Gasteiger partial charge on any atom is 0.0638 e. The lowest BCUT2D eigenvalue weighted by molar-refractivity contribution is 0.834. The molecule has 0 saturated carbocycles. The van der Waals surface area contributed by atoms with E-state index in [1.807, 2.05) is 42.5 Å². The number of nitrogen functional groups attached to an aromatic ring is 1. The molecule has 100 valence electrons. The van der Waals surface area contributed by atoms with Crippen LogP contribution < -0.4 is 16.4 Å². The van der Waals surface area contributed by atoms with Gasteiger partial charge in [-0.05, 0) is 36.8 Å². The number of nitrogens with one attached hydrogen (secondary N) is 2. The summed E-state index contributed by atoms with van der Waals surface area (Å²) in [5.74, 6) is 0. The number of benzene rings is 2. The molecule has 0 spiro atoms. The van der Waals surface area contributed by atoms with E-state index >= 15 is 0 Å². The molecule has 0 heterocycles. The molecule has 3 heteroatoms. The van der Waals surface area contributed by atoms with E-state index in [2.05, 4.69) is 23.6 Å². The summed E-state index contributed by atoms with van der Waals surface area (Å²) in [5, 5.41) is 6.74. The Morgan fingerprint density at radius 2 is 1.79 bits per heavy atom. The van der Waals surface area contributed by atoms with Crippen molar-refractivity contribution in [3.8, 4) is 0 Å². The SMILES string of the molecule is CCCCNc1ccc(N)c(Nc2ccccc2)c1. The molecule has 0 atom stereocenters. The lowest BCUT2D eigenvalue weighted by atomic mass is 10.2. The van der Waals surface area contributed by atoms with Crippen molar-refractivity contribution in [2.24, 2.45) is 0 Å². The highest BCUT2D eigenvalue weighted by Gasteiger charge is 2.01. The van der Waals surface area contributed by atoms with Crippen molar-refractivity contribution in [3.63, 3.8) is 0 Å². The van der Waals surface area contributed by atoms with Crippen molar-refractivity contribution in [2.45, 2.75) is 19.8 Å². The molecule has 0 aliphatic rings. The Morgan fingerprint density at radius 3 is 2.53 bits per heavy atom. The van der Waals surface area contributed by atoms with Crippen LogP contribution in [0.4, 0.5) is 22.7 Å². The van der Waals surface area contributed by atoms with Crippen LogP contribution in [-0.4, -0.2) is 6.54 Å². The normalized spacial score (nSPS) is 10.2. The largest absolute Gasteiger partial charge is 0.397 e. The van der Waals surface area contributed by atoms with E-state index in [9.17, 15) is 0 Å². The average molecular weight is 255 g/mol. The van der Waals surface area contributed by atoms with Crippen LogP contribution in [0.5, 0.6) is 0 Å². The van der Waals surface area contributed by atoms with Crippen LogP contribution in [0, 0.1) is 0 Å². The third kappa shape index (κ3) is 3.91. The molecule has 0 unspecified atom stereocenters. The van der Waals surface area contributed by atoms with Gasteiger partial charge in [-0.2, -0.15) is 0 Å². The molecule has 19 heavy (non-hydrogen) atoms. The minimum absolute atomic E-state index is 0.755. The number of rotatable bonds is 6. The molecule has 0 aromatic heterocycles. The van der Waals surface area contributed by atoms with E-state index in [0.29, 0.717) is 0 Å². The minimum Gasteiger partial charge on any atom is -0.397 e. The summed E-state index contributed by atoms with van der Waals surface area (Å²) in [4.78, 5) is 0.